The third kappa shape index (κ3) is 4.16. The quantitative estimate of drug-likeness (QED) is 0.439. The van der Waals surface area contributed by atoms with Crippen LogP contribution in [0, 0.1) is 0 Å². The summed E-state index contributed by atoms with van der Waals surface area (Å²) in [6.45, 7) is 0.342. The van der Waals surface area contributed by atoms with Gasteiger partial charge in [-0.2, -0.15) is 18.3 Å². The van der Waals surface area contributed by atoms with Gasteiger partial charge in [0.05, 0.1) is 18.3 Å². The average Bonchev–Trinajstić information content (AvgIpc) is 3.17. The van der Waals surface area contributed by atoms with Crippen LogP contribution in [-0.4, -0.2) is 14.8 Å². The molecule has 0 spiro atoms. The minimum absolute atomic E-state index is 0.342. The van der Waals surface area contributed by atoms with Gasteiger partial charge in [-0.05, 0) is 47.0 Å². The summed E-state index contributed by atoms with van der Waals surface area (Å²) in [5.74, 6) is 0.380. The zero-order valence-corrected chi connectivity index (χ0v) is 16.3. The summed E-state index contributed by atoms with van der Waals surface area (Å²) in [5, 5.41) is 4.97. The Morgan fingerprint density at radius 2 is 1.63 bits per heavy atom. The number of hydrogen-bond donors (Lipinski definition) is 1. The van der Waals surface area contributed by atoms with Gasteiger partial charge in [0.2, 0.25) is 0 Å². The van der Waals surface area contributed by atoms with Crippen molar-refractivity contribution in [3.8, 4) is 22.3 Å². The Morgan fingerprint density at radius 1 is 0.933 bits per heavy atom. The highest BCUT2D eigenvalue weighted by atomic mass is 35.5. The van der Waals surface area contributed by atoms with E-state index in [2.05, 4.69) is 10.1 Å². The van der Waals surface area contributed by atoms with Crippen molar-refractivity contribution < 1.29 is 13.2 Å². The molecule has 2 heterocycles. The number of anilines is 1. The van der Waals surface area contributed by atoms with Gasteiger partial charge in [-0.1, -0.05) is 35.9 Å². The maximum absolute atomic E-state index is 12.7. The van der Waals surface area contributed by atoms with Crippen LogP contribution in [-0.2, 0) is 12.7 Å². The molecular formula is C22H16ClF3N4. The second-order valence-electron chi connectivity index (χ2n) is 6.75. The molecule has 0 fully saturated rings. The van der Waals surface area contributed by atoms with Crippen molar-refractivity contribution in [3.63, 3.8) is 0 Å². The number of benzene rings is 2. The van der Waals surface area contributed by atoms with E-state index in [1.165, 1.54) is 12.1 Å². The monoisotopic (exact) mass is 428 g/mol. The Bertz CT molecular complexity index is 1170. The minimum Gasteiger partial charge on any atom is -0.383 e. The fourth-order valence-electron chi connectivity index (χ4n) is 3.21. The number of pyridine rings is 1. The maximum atomic E-state index is 12.7. The first-order valence-corrected chi connectivity index (χ1v) is 9.38. The van der Waals surface area contributed by atoms with Gasteiger partial charge in [0, 0.05) is 28.5 Å². The lowest BCUT2D eigenvalue weighted by atomic mass is 9.97. The zero-order valence-electron chi connectivity index (χ0n) is 15.6. The molecule has 4 nitrogen and oxygen atoms in total. The van der Waals surface area contributed by atoms with Gasteiger partial charge in [0.25, 0.3) is 0 Å². The SMILES string of the molecule is Nc1nccc(-c2cnn(Cc3ccc(C(F)(F)F)cc3)c2)c1-c1ccc(Cl)cc1. The number of nitrogens with zero attached hydrogens (tertiary/aromatic N) is 3. The van der Waals surface area contributed by atoms with E-state index in [1.807, 2.05) is 24.4 Å². The Labute approximate surface area is 175 Å². The molecule has 0 radical (unpaired) electrons. The fourth-order valence-corrected chi connectivity index (χ4v) is 3.34. The number of hydrogen-bond acceptors (Lipinski definition) is 3. The number of halogens is 4. The molecule has 0 amide bonds. The molecule has 8 heteroatoms. The normalized spacial score (nSPS) is 11.6. The molecular weight excluding hydrogens is 413 g/mol. The predicted octanol–water partition coefficient (Wildman–Crippen LogP) is 5.91. The number of aromatic nitrogens is 3. The van der Waals surface area contributed by atoms with Crippen molar-refractivity contribution >= 4 is 17.4 Å². The zero-order chi connectivity index (χ0) is 21.3. The van der Waals surface area contributed by atoms with Crippen molar-refractivity contribution in [2.45, 2.75) is 12.7 Å². The van der Waals surface area contributed by atoms with Crippen molar-refractivity contribution in [2.24, 2.45) is 0 Å². The van der Waals surface area contributed by atoms with E-state index in [0.29, 0.717) is 22.9 Å². The lowest BCUT2D eigenvalue weighted by Crippen LogP contribution is -2.05. The summed E-state index contributed by atoms with van der Waals surface area (Å²) in [5.41, 5.74) is 9.49. The van der Waals surface area contributed by atoms with Crippen molar-refractivity contribution in [1.82, 2.24) is 14.8 Å². The molecule has 0 bridgehead atoms. The van der Waals surface area contributed by atoms with Crippen LogP contribution in [0.2, 0.25) is 5.02 Å². The molecule has 152 valence electrons. The van der Waals surface area contributed by atoms with E-state index in [4.69, 9.17) is 17.3 Å². The predicted molar refractivity (Wildman–Crippen MR) is 111 cm³/mol. The van der Waals surface area contributed by atoms with Crippen LogP contribution < -0.4 is 5.73 Å². The molecule has 4 aromatic rings. The summed E-state index contributed by atoms with van der Waals surface area (Å²) in [6, 6.07) is 14.2. The molecule has 0 unspecified atom stereocenters. The van der Waals surface area contributed by atoms with Crippen LogP contribution in [0.4, 0.5) is 19.0 Å². The van der Waals surface area contributed by atoms with Crippen LogP contribution in [0.15, 0.2) is 73.2 Å². The molecule has 2 aromatic carbocycles. The molecule has 0 aliphatic heterocycles. The first-order valence-electron chi connectivity index (χ1n) is 9.00. The van der Waals surface area contributed by atoms with Crippen LogP contribution in [0.1, 0.15) is 11.1 Å². The molecule has 30 heavy (non-hydrogen) atoms. The summed E-state index contributed by atoms with van der Waals surface area (Å²) < 4.78 is 39.9. The Hall–Kier alpha value is -3.32. The first-order chi connectivity index (χ1) is 14.3. The van der Waals surface area contributed by atoms with Gasteiger partial charge in [0.15, 0.2) is 0 Å². The van der Waals surface area contributed by atoms with Gasteiger partial charge in [-0.3, -0.25) is 4.68 Å². The molecule has 0 saturated carbocycles. The first kappa shape index (κ1) is 20.0. The van der Waals surface area contributed by atoms with Crippen molar-refractivity contribution in [1.29, 1.82) is 0 Å². The largest absolute Gasteiger partial charge is 0.416 e. The molecule has 2 aromatic heterocycles. The third-order valence-electron chi connectivity index (χ3n) is 4.68. The summed E-state index contributed by atoms with van der Waals surface area (Å²) in [4.78, 5) is 4.19. The van der Waals surface area contributed by atoms with E-state index >= 15 is 0 Å². The highest BCUT2D eigenvalue weighted by Gasteiger charge is 2.29. The number of nitrogen functional groups attached to an aromatic ring is 1. The maximum Gasteiger partial charge on any atom is 0.416 e. The van der Waals surface area contributed by atoms with Gasteiger partial charge in [-0.25, -0.2) is 4.98 Å². The van der Waals surface area contributed by atoms with Crippen LogP contribution >= 0.6 is 11.6 Å². The van der Waals surface area contributed by atoms with Gasteiger partial charge in [0.1, 0.15) is 5.82 Å². The summed E-state index contributed by atoms with van der Waals surface area (Å²) in [6.07, 6.45) is 0.790. The Morgan fingerprint density at radius 3 is 2.30 bits per heavy atom. The second-order valence-corrected chi connectivity index (χ2v) is 7.18. The number of rotatable bonds is 4. The molecule has 4 rings (SSSR count). The second kappa shape index (κ2) is 7.84. The third-order valence-corrected chi connectivity index (χ3v) is 4.94. The van der Waals surface area contributed by atoms with E-state index in [9.17, 15) is 13.2 Å². The highest BCUT2D eigenvalue weighted by Crippen LogP contribution is 2.35. The average molecular weight is 429 g/mol. The molecule has 0 atom stereocenters. The number of alkyl halides is 3. The van der Waals surface area contributed by atoms with E-state index in [1.54, 1.807) is 29.2 Å². The summed E-state index contributed by atoms with van der Waals surface area (Å²) in [7, 11) is 0. The summed E-state index contributed by atoms with van der Waals surface area (Å²) >= 11 is 5.99. The highest BCUT2D eigenvalue weighted by molar-refractivity contribution is 6.30. The smallest absolute Gasteiger partial charge is 0.383 e. The molecule has 0 aliphatic carbocycles. The van der Waals surface area contributed by atoms with Crippen LogP contribution in [0.5, 0.6) is 0 Å². The molecule has 0 saturated heterocycles. The van der Waals surface area contributed by atoms with E-state index < -0.39 is 11.7 Å². The van der Waals surface area contributed by atoms with Crippen LogP contribution in [0.25, 0.3) is 22.3 Å². The minimum atomic E-state index is -4.35. The number of nitrogens with two attached hydrogens (primary N) is 1. The van der Waals surface area contributed by atoms with Crippen molar-refractivity contribution in [3.05, 3.63) is 89.3 Å². The van der Waals surface area contributed by atoms with Crippen molar-refractivity contribution in [2.75, 3.05) is 5.73 Å². The Kier molecular flexibility index (Phi) is 5.22. The Balaban J connectivity index is 1.63. The fraction of sp³-hybridized carbons (Fsp3) is 0.0909. The van der Waals surface area contributed by atoms with Gasteiger partial charge in [-0.15, -0.1) is 0 Å². The standard InChI is InChI=1S/C22H16ClF3N4/c23-18-7-3-15(4-8-18)20-19(9-10-28-21(20)27)16-11-29-30(13-16)12-14-1-5-17(6-2-14)22(24,25)26/h1-11,13H,12H2,(H2,27,28). The molecule has 0 aliphatic rings. The topological polar surface area (TPSA) is 56.7 Å². The lowest BCUT2D eigenvalue weighted by molar-refractivity contribution is -0.137. The van der Waals surface area contributed by atoms with E-state index in [0.717, 1.165) is 34.4 Å². The van der Waals surface area contributed by atoms with Crippen LogP contribution in [0.3, 0.4) is 0 Å². The molecule has 2 N–H and O–H groups in total. The van der Waals surface area contributed by atoms with E-state index in [-0.39, 0.29) is 0 Å². The van der Waals surface area contributed by atoms with Gasteiger partial charge < -0.3 is 5.73 Å². The van der Waals surface area contributed by atoms with Gasteiger partial charge >= 0.3 is 6.18 Å². The lowest BCUT2D eigenvalue weighted by Gasteiger charge is -2.11.